The average Bonchev–Trinajstić information content (AvgIpc) is 2.43. The van der Waals surface area contributed by atoms with E-state index in [0.717, 1.165) is 19.4 Å². The van der Waals surface area contributed by atoms with E-state index in [4.69, 9.17) is 9.47 Å². The molecule has 1 aromatic carbocycles. The lowest BCUT2D eigenvalue weighted by atomic mass is 9.90. The van der Waals surface area contributed by atoms with Crippen LogP contribution in [0, 0.1) is 0 Å². The van der Waals surface area contributed by atoms with Crippen LogP contribution in [0.1, 0.15) is 12.8 Å². The van der Waals surface area contributed by atoms with E-state index in [2.05, 4.69) is 10.0 Å². The predicted octanol–water partition coefficient (Wildman–Crippen LogP) is 0.741. The molecule has 0 unspecified atom stereocenters. The molecule has 118 valence electrons. The highest BCUT2D eigenvalue weighted by atomic mass is 32.2. The summed E-state index contributed by atoms with van der Waals surface area (Å²) >= 11 is 0. The first-order valence-corrected chi connectivity index (χ1v) is 8.46. The van der Waals surface area contributed by atoms with Crippen molar-refractivity contribution >= 4 is 10.0 Å². The third-order valence-electron chi connectivity index (χ3n) is 3.50. The summed E-state index contributed by atoms with van der Waals surface area (Å²) in [6, 6.07) is 6.42. The van der Waals surface area contributed by atoms with Crippen LogP contribution >= 0.6 is 0 Å². The second-order valence-corrected chi connectivity index (χ2v) is 6.78. The molecule has 1 aliphatic rings. The van der Waals surface area contributed by atoms with Gasteiger partial charge < -0.3 is 14.8 Å². The fourth-order valence-corrected chi connectivity index (χ4v) is 3.39. The molecule has 1 saturated carbocycles. The van der Waals surface area contributed by atoms with Crippen LogP contribution in [-0.4, -0.2) is 47.9 Å². The maximum absolute atomic E-state index is 12.2. The molecule has 0 radical (unpaired) electrons. The Morgan fingerprint density at radius 1 is 1.24 bits per heavy atom. The van der Waals surface area contributed by atoms with E-state index in [-0.39, 0.29) is 17.0 Å². The number of nitrogens with one attached hydrogen (secondary N) is 2. The fourth-order valence-electron chi connectivity index (χ4n) is 2.13. The Balaban J connectivity index is 1.91. The highest BCUT2D eigenvalue weighted by Gasteiger charge is 2.32. The van der Waals surface area contributed by atoms with Crippen LogP contribution in [0.2, 0.25) is 0 Å². The van der Waals surface area contributed by atoms with E-state index in [1.165, 1.54) is 0 Å². The van der Waals surface area contributed by atoms with Crippen LogP contribution in [0.5, 0.6) is 5.75 Å². The topological polar surface area (TPSA) is 76.7 Å². The molecule has 1 aromatic rings. The van der Waals surface area contributed by atoms with E-state index in [1.54, 1.807) is 31.4 Å². The van der Waals surface area contributed by atoms with Crippen LogP contribution in [0.4, 0.5) is 0 Å². The average molecular weight is 314 g/mol. The van der Waals surface area contributed by atoms with Crippen molar-refractivity contribution in [2.24, 2.45) is 0 Å². The van der Waals surface area contributed by atoms with Gasteiger partial charge >= 0.3 is 0 Å². The number of hydrogen-bond donors (Lipinski definition) is 2. The molecule has 7 heteroatoms. The van der Waals surface area contributed by atoms with Gasteiger partial charge in [-0.1, -0.05) is 0 Å². The number of rotatable bonds is 8. The molecule has 0 aromatic heterocycles. The van der Waals surface area contributed by atoms with Gasteiger partial charge in [0, 0.05) is 19.7 Å². The molecule has 2 N–H and O–H groups in total. The summed E-state index contributed by atoms with van der Waals surface area (Å²) in [7, 11) is 0.0202. The zero-order chi connectivity index (χ0) is 15.3. The molecule has 0 amide bonds. The number of methoxy groups -OCH3 is 1. The third kappa shape index (κ3) is 4.41. The molecule has 0 spiro atoms. The first kappa shape index (κ1) is 16.2. The van der Waals surface area contributed by atoms with Gasteiger partial charge in [0.15, 0.2) is 0 Å². The maximum atomic E-state index is 12.2. The van der Waals surface area contributed by atoms with Crippen molar-refractivity contribution in [1.29, 1.82) is 0 Å². The molecule has 0 heterocycles. The minimum absolute atomic E-state index is 0.0356. The molecule has 0 saturated heterocycles. The SMILES string of the molecule is CNCCOc1ccc(S(=O)(=O)NC2CC(OC)C2)cc1. The minimum atomic E-state index is -3.47. The molecule has 6 nitrogen and oxygen atoms in total. The smallest absolute Gasteiger partial charge is 0.240 e. The van der Waals surface area contributed by atoms with Gasteiger partial charge in [-0.25, -0.2) is 13.1 Å². The largest absolute Gasteiger partial charge is 0.492 e. The molecule has 0 atom stereocenters. The van der Waals surface area contributed by atoms with Gasteiger partial charge in [0.1, 0.15) is 12.4 Å². The summed E-state index contributed by atoms with van der Waals surface area (Å²) in [5.41, 5.74) is 0. The minimum Gasteiger partial charge on any atom is -0.492 e. The maximum Gasteiger partial charge on any atom is 0.240 e. The Labute approximate surface area is 125 Å². The van der Waals surface area contributed by atoms with Gasteiger partial charge in [0.2, 0.25) is 10.0 Å². The van der Waals surface area contributed by atoms with E-state index in [9.17, 15) is 8.42 Å². The van der Waals surface area contributed by atoms with Gasteiger partial charge in [-0.05, 0) is 44.2 Å². The third-order valence-corrected chi connectivity index (χ3v) is 5.04. The number of hydrogen-bond acceptors (Lipinski definition) is 5. The number of benzene rings is 1. The molecular formula is C14H22N2O4S. The van der Waals surface area contributed by atoms with Gasteiger partial charge in [-0.2, -0.15) is 0 Å². The predicted molar refractivity (Wildman–Crippen MR) is 80.0 cm³/mol. The van der Waals surface area contributed by atoms with Crippen molar-refractivity contribution in [2.45, 2.75) is 29.9 Å². The number of sulfonamides is 1. The highest BCUT2D eigenvalue weighted by Crippen LogP contribution is 2.25. The highest BCUT2D eigenvalue weighted by molar-refractivity contribution is 7.89. The fraction of sp³-hybridized carbons (Fsp3) is 0.571. The first-order valence-electron chi connectivity index (χ1n) is 6.97. The van der Waals surface area contributed by atoms with Crippen molar-refractivity contribution in [3.8, 4) is 5.75 Å². The summed E-state index contributed by atoms with van der Waals surface area (Å²) in [5, 5.41) is 2.98. The van der Waals surface area contributed by atoms with Crippen molar-refractivity contribution in [3.05, 3.63) is 24.3 Å². The van der Waals surface area contributed by atoms with Gasteiger partial charge in [0.05, 0.1) is 11.0 Å². The second kappa shape index (κ2) is 7.22. The van der Waals surface area contributed by atoms with Gasteiger partial charge in [-0.15, -0.1) is 0 Å². The molecule has 1 aliphatic carbocycles. The molecule has 0 bridgehead atoms. The molecular weight excluding hydrogens is 292 g/mol. The summed E-state index contributed by atoms with van der Waals surface area (Å²) in [6.07, 6.45) is 1.61. The van der Waals surface area contributed by atoms with Crippen LogP contribution in [-0.2, 0) is 14.8 Å². The van der Waals surface area contributed by atoms with E-state index in [0.29, 0.717) is 12.4 Å². The summed E-state index contributed by atoms with van der Waals surface area (Å²) in [5.74, 6) is 0.660. The monoisotopic (exact) mass is 314 g/mol. The first-order chi connectivity index (χ1) is 10.0. The number of ether oxygens (including phenoxy) is 2. The van der Waals surface area contributed by atoms with E-state index < -0.39 is 10.0 Å². The van der Waals surface area contributed by atoms with E-state index in [1.807, 2.05) is 7.05 Å². The summed E-state index contributed by atoms with van der Waals surface area (Å²) in [6.45, 7) is 1.28. The van der Waals surface area contributed by atoms with Crippen LogP contribution in [0.3, 0.4) is 0 Å². The van der Waals surface area contributed by atoms with Crippen molar-refractivity contribution < 1.29 is 17.9 Å². The second-order valence-electron chi connectivity index (χ2n) is 5.07. The Hall–Kier alpha value is -1.15. The zero-order valence-electron chi connectivity index (χ0n) is 12.3. The van der Waals surface area contributed by atoms with Crippen LogP contribution < -0.4 is 14.8 Å². The summed E-state index contributed by atoms with van der Waals surface area (Å²) < 4.78 is 37.7. The molecule has 21 heavy (non-hydrogen) atoms. The zero-order valence-corrected chi connectivity index (χ0v) is 13.2. The Morgan fingerprint density at radius 2 is 1.90 bits per heavy atom. The van der Waals surface area contributed by atoms with Gasteiger partial charge in [-0.3, -0.25) is 0 Å². The quantitative estimate of drug-likeness (QED) is 0.692. The Morgan fingerprint density at radius 3 is 2.48 bits per heavy atom. The van der Waals surface area contributed by atoms with Crippen molar-refractivity contribution in [3.63, 3.8) is 0 Å². The lowest BCUT2D eigenvalue weighted by molar-refractivity contribution is 0.0236. The van der Waals surface area contributed by atoms with Gasteiger partial charge in [0.25, 0.3) is 0 Å². The molecule has 1 fully saturated rings. The van der Waals surface area contributed by atoms with E-state index >= 15 is 0 Å². The number of likely N-dealkylation sites (N-methyl/N-ethyl adjacent to an activating group) is 1. The lowest BCUT2D eigenvalue weighted by Gasteiger charge is -2.34. The van der Waals surface area contributed by atoms with Crippen LogP contribution in [0.15, 0.2) is 29.2 Å². The molecule has 0 aliphatic heterocycles. The lowest BCUT2D eigenvalue weighted by Crippen LogP contribution is -2.47. The molecule has 2 rings (SSSR count). The Bertz CT molecular complexity index is 539. The Kier molecular flexibility index (Phi) is 5.58. The van der Waals surface area contributed by atoms with Crippen molar-refractivity contribution in [1.82, 2.24) is 10.0 Å². The standard InChI is InChI=1S/C14H22N2O4S/c1-15-7-8-20-12-3-5-14(6-4-12)21(17,18)16-11-9-13(10-11)19-2/h3-6,11,13,15-16H,7-10H2,1-2H3. The van der Waals surface area contributed by atoms with Crippen LogP contribution in [0.25, 0.3) is 0 Å². The van der Waals surface area contributed by atoms with Crippen molar-refractivity contribution in [2.75, 3.05) is 27.3 Å². The summed E-state index contributed by atoms with van der Waals surface area (Å²) in [4.78, 5) is 0.254. The normalized spacial score (nSPS) is 21.8.